The lowest BCUT2D eigenvalue weighted by atomic mass is 10.1. The summed E-state index contributed by atoms with van der Waals surface area (Å²) in [4.78, 5) is 31.8. The standard InChI is InChI=1S/C28H35N5O4/c1-4-21(2)19-33(28(35)25-7-5-18-37-25)20-27(34)32-15-6-14-31(16-17-32)26-13-12-24(29-30-26)22-8-10-23(36-3)11-9-22/h5,7-13,18,21H,4,6,14-17,19-20H2,1-3H3/t21-/m0/s1. The molecule has 9 nitrogen and oxygen atoms in total. The van der Waals surface area contributed by atoms with Crippen LogP contribution in [0.4, 0.5) is 5.82 Å². The third-order valence-electron chi connectivity index (χ3n) is 6.78. The summed E-state index contributed by atoms with van der Waals surface area (Å²) in [6.07, 6.45) is 3.21. The van der Waals surface area contributed by atoms with Gasteiger partial charge in [-0.25, -0.2) is 0 Å². The summed E-state index contributed by atoms with van der Waals surface area (Å²) in [6.45, 7) is 7.35. The van der Waals surface area contributed by atoms with E-state index < -0.39 is 0 Å². The van der Waals surface area contributed by atoms with Gasteiger partial charge in [0.05, 0.1) is 19.1 Å². The molecule has 4 rings (SSSR count). The second-order valence-corrected chi connectivity index (χ2v) is 9.40. The smallest absolute Gasteiger partial charge is 0.290 e. The van der Waals surface area contributed by atoms with Crippen LogP contribution in [0.2, 0.25) is 0 Å². The molecule has 3 heterocycles. The molecule has 0 unspecified atom stereocenters. The zero-order valence-electron chi connectivity index (χ0n) is 21.8. The van der Waals surface area contributed by atoms with Crippen molar-refractivity contribution in [2.45, 2.75) is 26.7 Å². The number of aromatic nitrogens is 2. The number of anilines is 1. The van der Waals surface area contributed by atoms with E-state index in [1.54, 1.807) is 24.1 Å². The van der Waals surface area contributed by atoms with Crippen molar-refractivity contribution in [1.29, 1.82) is 0 Å². The second kappa shape index (κ2) is 12.4. The van der Waals surface area contributed by atoms with Crippen molar-refractivity contribution >= 4 is 17.6 Å². The lowest BCUT2D eigenvalue weighted by Crippen LogP contribution is -2.45. The molecule has 0 spiro atoms. The number of methoxy groups -OCH3 is 1. The molecule has 1 fully saturated rings. The molecule has 9 heteroatoms. The maximum Gasteiger partial charge on any atom is 0.290 e. The predicted octanol–water partition coefficient (Wildman–Crippen LogP) is 3.97. The van der Waals surface area contributed by atoms with Crippen LogP contribution in [0.3, 0.4) is 0 Å². The van der Waals surface area contributed by atoms with Gasteiger partial charge in [-0.3, -0.25) is 9.59 Å². The van der Waals surface area contributed by atoms with E-state index in [0.717, 1.165) is 42.2 Å². The summed E-state index contributed by atoms with van der Waals surface area (Å²) in [6, 6.07) is 15.0. The SMILES string of the molecule is CC[C@H](C)CN(CC(=O)N1CCCN(c2ccc(-c3ccc(OC)cc3)nn2)CC1)C(=O)c1ccco1. The van der Waals surface area contributed by atoms with Gasteiger partial charge in [0.2, 0.25) is 5.91 Å². The van der Waals surface area contributed by atoms with Gasteiger partial charge in [-0.15, -0.1) is 10.2 Å². The van der Waals surface area contributed by atoms with Gasteiger partial charge in [-0.1, -0.05) is 20.3 Å². The first-order valence-corrected chi connectivity index (χ1v) is 12.8. The number of benzene rings is 1. The normalized spacial score (nSPS) is 14.7. The van der Waals surface area contributed by atoms with Gasteiger partial charge >= 0.3 is 0 Å². The Labute approximate surface area is 218 Å². The Kier molecular flexibility index (Phi) is 8.77. The van der Waals surface area contributed by atoms with Gasteiger partial charge in [0.1, 0.15) is 12.3 Å². The largest absolute Gasteiger partial charge is 0.497 e. The molecule has 2 aromatic heterocycles. The highest BCUT2D eigenvalue weighted by Crippen LogP contribution is 2.22. The maximum absolute atomic E-state index is 13.2. The van der Waals surface area contributed by atoms with Crippen LogP contribution in [-0.2, 0) is 4.79 Å². The Morgan fingerprint density at radius 1 is 1.05 bits per heavy atom. The quantitative estimate of drug-likeness (QED) is 0.434. The molecule has 0 N–H and O–H groups in total. The molecule has 1 aliphatic heterocycles. The lowest BCUT2D eigenvalue weighted by molar-refractivity contribution is -0.131. The van der Waals surface area contributed by atoms with Crippen LogP contribution in [-0.4, -0.2) is 78.2 Å². The van der Waals surface area contributed by atoms with Gasteiger partial charge in [0.25, 0.3) is 5.91 Å². The molecule has 1 atom stereocenters. The van der Waals surface area contributed by atoms with Crippen LogP contribution in [0.15, 0.2) is 59.2 Å². The Bertz CT molecular complexity index is 1150. The molecule has 1 saturated heterocycles. The predicted molar refractivity (Wildman–Crippen MR) is 141 cm³/mol. The fourth-order valence-corrected chi connectivity index (χ4v) is 4.35. The third-order valence-corrected chi connectivity index (χ3v) is 6.78. The third kappa shape index (κ3) is 6.67. The Morgan fingerprint density at radius 3 is 2.51 bits per heavy atom. The summed E-state index contributed by atoms with van der Waals surface area (Å²) in [5.74, 6) is 1.83. The molecule has 0 radical (unpaired) electrons. The number of carbonyl (C=O) groups is 2. The van der Waals surface area contributed by atoms with Gasteiger partial charge in [-0.2, -0.15) is 0 Å². The molecule has 1 aliphatic rings. The first kappa shape index (κ1) is 26.2. The molecule has 2 amide bonds. The van der Waals surface area contributed by atoms with E-state index in [-0.39, 0.29) is 30.0 Å². The van der Waals surface area contributed by atoms with E-state index in [9.17, 15) is 9.59 Å². The molecule has 37 heavy (non-hydrogen) atoms. The first-order valence-electron chi connectivity index (χ1n) is 12.8. The van der Waals surface area contributed by atoms with Gasteiger partial charge < -0.3 is 23.9 Å². The minimum absolute atomic E-state index is 0.0419. The second-order valence-electron chi connectivity index (χ2n) is 9.40. The fraction of sp³-hybridized carbons (Fsp3) is 0.429. The van der Waals surface area contributed by atoms with Crippen LogP contribution in [0.5, 0.6) is 5.75 Å². The average Bonchev–Trinajstić information content (AvgIpc) is 3.36. The van der Waals surface area contributed by atoms with Crippen molar-refractivity contribution in [2.24, 2.45) is 5.92 Å². The van der Waals surface area contributed by atoms with Crippen LogP contribution >= 0.6 is 0 Å². The monoisotopic (exact) mass is 505 g/mol. The molecule has 0 aliphatic carbocycles. The van der Waals surface area contributed by atoms with Crippen LogP contribution in [0, 0.1) is 5.92 Å². The number of ether oxygens (including phenoxy) is 1. The highest BCUT2D eigenvalue weighted by atomic mass is 16.5. The number of nitrogens with zero attached hydrogens (tertiary/aromatic N) is 5. The maximum atomic E-state index is 13.2. The van der Waals surface area contributed by atoms with Crippen molar-refractivity contribution in [3.8, 4) is 17.0 Å². The summed E-state index contributed by atoms with van der Waals surface area (Å²) in [5.41, 5.74) is 1.76. The Morgan fingerprint density at radius 2 is 1.86 bits per heavy atom. The topological polar surface area (TPSA) is 92.0 Å². The zero-order valence-corrected chi connectivity index (χ0v) is 21.8. The highest BCUT2D eigenvalue weighted by molar-refractivity contribution is 5.94. The highest BCUT2D eigenvalue weighted by Gasteiger charge is 2.26. The summed E-state index contributed by atoms with van der Waals surface area (Å²) < 4.78 is 10.5. The molecule has 1 aromatic carbocycles. The number of rotatable bonds is 9. The van der Waals surface area contributed by atoms with Crippen molar-refractivity contribution in [3.05, 3.63) is 60.6 Å². The molecular formula is C28H35N5O4. The van der Waals surface area contributed by atoms with Crippen LogP contribution in [0.25, 0.3) is 11.3 Å². The van der Waals surface area contributed by atoms with E-state index >= 15 is 0 Å². The lowest BCUT2D eigenvalue weighted by Gasteiger charge is -2.28. The summed E-state index contributed by atoms with van der Waals surface area (Å²) in [5, 5.41) is 8.87. The Hall–Kier alpha value is -3.88. The molecule has 196 valence electrons. The molecule has 0 saturated carbocycles. The fourth-order valence-electron chi connectivity index (χ4n) is 4.35. The number of hydrogen-bond acceptors (Lipinski definition) is 7. The van der Waals surface area contributed by atoms with Crippen molar-refractivity contribution < 1.29 is 18.7 Å². The van der Waals surface area contributed by atoms with E-state index in [0.29, 0.717) is 26.2 Å². The number of carbonyl (C=O) groups excluding carboxylic acids is 2. The molecule has 3 aromatic rings. The van der Waals surface area contributed by atoms with Crippen molar-refractivity contribution in [2.75, 3.05) is 51.3 Å². The Balaban J connectivity index is 1.37. The summed E-state index contributed by atoms with van der Waals surface area (Å²) >= 11 is 0. The van der Waals surface area contributed by atoms with Crippen LogP contribution < -0.4 is 9.64 Å². The average molecular weight is 506 g/mol. The minimum atomic E-state index is -0.248. The van der Waals surface area contributed by atoms with Gasteiger partial charge in [-0.05, 0) is 60.9 Å². The van der Waals surface area contributed by atoms with E-state index in [2.05, 4.69) is 28.9 Å². The molecular weight excluding hydrogens is 470 g/mol. The van der Waals surface area contributed by atoms with Crippen LogP contribution in [0.1, 0.15) is 37.2 Å². The van der Waals surface area contributed by atoms with Gasteiger partial charge in [0, 0.05) is 38.3 Å². The number of amides is 2. The van der Waals surface area contributed by atoms with Crippen molar-refractivity contribution in [3.63, 3.8) is 0 Å². The zero-order chi connectivity index (χ0) is 26.2. The van der Waals surface area contributed by atoms with Crippen molar-refractivity contribution in [1.82, 2.24) is 20.0 Å². The molecule has 0 bridgehead atoms. The van der Waals surface area contributed by atoms with E-state index in [1.165, 1.54) is 6.26 Å². The minimum Gasteiger partial charge on any atom is -0.497 e. The number of furan rings is 1. The summed E-state index contributed by atoms with van der Waals surface area (Å²) in [7, 11) is 1.64. The van der Waals surface area contributed by atoms with E-state index in [4.69, 9.17) is 9.15 Å². The first-order chi connectivity index (χ1) is 18.0. The number of hydrogen-bond donors (Lipinski definition) is 0. The van der Waals surface area contributed by atoms with E-state index in [1.807, 2.05) is 41.3 Å². The van der Waals surface area contributed by atoms with Gasteiger partial charge in [0.15, 0.2) is 11.6 Å².